The van der Waals surface area contributed by atoms with Crippen molar-refractivity contribution in [3.63, 3.8) is 0 Å². The maximum Gasteiger partial charge on any atom is 0.234 e. The maximum atomic E-state index is 12.2. The minimum absolute atomic E-state index is 0.0173. The Kier molecular flexibility index (Phi) is 7.38. The van der Waals surface area contributed by atoms with Crippen LogP contribution in [0.5, 0.6) is 0 Å². The number of nitrogens with one attached hydrogen (secondary N) is 2. The summed E-state index contributed by atoms with van der Waals surface area (Å²) < 4.78 is 9.76. The molecule has 12 heteroatoms. The minimum Gasteiger partial charge on any atom is -0.355 e. The van der Waals surface area contributed by atoms with E-state index < -0.39 is 0 Å². The van der Waals surface area contributed by atoms with Gasteiger partial charge in [0.1, 0.15) is 11.0 Å². The van der Waals surface area contributed by atoms with E-state index in [-0.39, 0.29) is 17.6 Å². The highest BCUT2D eigenvalue weighted by Gasteiger charge is 2.12. The summed E-state index contributed by atoms with van der Waals surface area (Å²) in [5, 5.41) is 13.8. The lowest BCUT2D eigenvalue weighted by Crippen LogP contribution is -2.25. The molecular weight excluding hydrogens is 424 g/mol. The van der Waals surface area contributed by atoms with Gasteiger partial charge in [0.2, 0.25) is 11.8 Å². The van der Waals surface area contributed by atoms with Crippen molar-refractivity contribution >= 4 is 75.1 Å². The van der Waals surface area contributed by atoms with E-state index in [9.17, 15) is 9.59 Å². The largest absolute Gasteiger partial charge is 0.355 e. The van der Waals surface area contributed by atoms with E-state index in [0.717, 1.165) is 23.7 Å². The quantitative estimate of drug-likeness (QED) is 0.489. The minimum atomic E-state index is -0.149. The molecule has 0 unspecified atom stereocenters. The summed E-state index contributed by atoms with van der Waals surface area (Å²) in [5.41, 5.74) is 2.11. The Balaban J connectivity index is 1.46. The van der Waals surface area contributed by atoms with Crippen LogP contribution < -0.4 is 10.6 Å². The molecule has 0 aliphatic heterocycles. The molecule has 2 aromatic heterocycles. The zero-order chi connectivity index (χ0) is 19.1. The zero-order valence-electron chi connectivity index (χ0n) is 14.3. The molecule has 0 radical (unpaired) electrons. The monoisotopic (exact) mass is 440 g/mol. The van der Waals surface area contributed by atoms with Crippen molar-refractivity contribution in [3.8, 4) is 0 Å². The van der Waals surface area contributed by atoms with E-state index in [4.69, 9.17) is 0 Å². The predicted molar refractivity (Wildman–Crippen MR) is 111 cm³/mol. The van der Waals surface area contributed by atoms with Crippen molar-refractivity contribution in [1.29, 1.82) is 0 Å². The number of anilines is 1. The summed E-state index contributed by atoms with van der Waals surface area (Å²) in [6.07, 6.45) is 0.908. The fourth-order valence-corrected chi connectivity index (χ4v) is 5.18. The van der Waals surface area contributed by atoms with Crippen LogP contribution in [0.25, 0.3) is 11.0 Å². The third-order valence-electron chi connectivity index (χ3n) is 3.17. The smallest absolute Gasteiger partial charge is 0.234 e. The Morgan fingerprint density at radius 1 is 1.07 bits per heavy atom. The molecule has 3 aromatic rings. The highest BCUT2D eigenvalue weighted by atomic mass is 32.2. The van der Waals surface area contributed by atoms with Gasteiger partial charge in [0.15, 0.2) is 8.68 Å². The van der Waals surface area contributed by atoms with Crippen LogP contribution in [0.2, 0.25) is 0 Å². The van der Waals surface area contributed by atoms with E-state index >= 15 is 0 Å². The third kappa shape index (κ3) is 5.86. The van der Waals surface area contributed by atoms with Crippen LogP contribution in [0.1, 0.15) is 13.3 Å². The average Bonchev–Trinajstić information content (AvgIpc) is 3.32. The Bertz CT molecular complexity index is 928. The maximum absolute atomic E-state index is 12.2. The van der Waals surface area contributed by atoms with Gasteiger partial charge >= 0.3 is 0 Å². The van der Waals surface area contributed by atoms with Gasteiger partial charge in [-0.05, 0) is 18.6 Å². The van der Waals surface area contributed by atoms with Crippen molar-refractivity contribution < 1.29 is 9.59 Å². The number of carbonyl (C=O) groups is 2. The van der Waals surface area contributed by atoms with E-state index in [1.165, 1.54) is 34.9 Å². The SMILES string of the molecule is CCCNC(=O)CSc1nnc(SCC(=O)Nc2cccc3nsnc23)s1. The summed E-state index contributed by atoms with van der Waals surface area (Å²) in [7, 11) is 0. The van der Waals surface area contributed by atoms with E-state index in [1.807, 2.05) is 19.1 Å². The summed E-state index contributed by atoms with van der Waals surface area (Å²) >= 11 is 5.14. The van der Waals surface area contributed by atoms with Gasteiger partial charge in [0, 0.05) is 6.54 Å². The van der Waals surface area contributed by atoms with Crippen LogP contribution in [0.3, 0.4) is 0 Å². The first-order chi connectivity index (χ1) is 13.2. The first kappa shape index (κ1) is 20.0. The van der Waals surface area contributed by atoms with E-state index in [2.05, 4.69) is 29.6 Å². The molecule has 0 aliphatic rings. The lowest BCUT2D eigenvalue weighted by Gasteiger charge is -2.04. The molecule has 0 spiro atoms. The molecule has 2 N–H and O–H groups in total. The molecule has 2 heterocycles. The van der Waals surface area contributed by atoms with Crippen LogP contribution in [0.4, 0.5) is 5.69 Å². The molecule has 3 rings (SSSR count). The number of thioether (sulfide) groups is 2. The number of nitrogens with zero attached hydrogens (tertiary/aromatic N) is 4. The molecule has 0 fully saturated rings. The fourth-order valence-electron chi connectivity index (χ4n) is 1.98. The lowest BCUT2D eigenvalue weighted by molar-refractivity contribution is -0.118. The van der Waals surface area contributed by atoms with Gasteiger partial charge in [-0.3, -0.25) is 9.59 Å². The van der Waals surface area contributed by atoms with Gasteiger partial charge in [-0.15, -0.1) is 10.2 Å². The number of amides is 2. The fraction of sp³-hybridized carbons (Fsp3) is 0.333. The van der Waals surface area contributed by atoms with Gasteiger partial charge in [-0.2, -0.15) is 8.75 Å². The van der Waals surface area contributed by atoms with Crippen molar-refractivity contribution in [2.45, 2.75) is 22.0 Å². The third-order valence-corrected chi connectivity index (χ3v) is 6.91. The summed E-state index contributed by atoms with van der Waals surface area (Å²) in [5.74, 6) is 0.357. The summed E-state index contributed by atoms with van der Waals surface area (Å²) in [6, 6.07) is 5.49. The normalized spacial score (nSPS) is 10.9. The summed E-state index contributed by atoms with van der Waals surface area (Å²) in [6.45, 7) is 2.68. The van der Waals surface area contributed by atoms with Crippen molar-refractivity contribution in [3.05, 3.63) is 18.2 Å². The molecule has 8 nitrogen and oxygen atoms in total. The molecule has 2 amide bonds. The van der Waals surface area contributed by atoms with Crippen molar-refractivity contribution in [1.82, 2.24) is 24.3 Å². The number of benzene rings is 1. The van der Waals surface area contributed by atoms with Crippen molar-refractivity contribution in [2.24, 2.45) is 0 Å². The first-order valence-electron chi connectivity index (χ1n) is 8.02. The number of carbonyl (C=O) groups excluding carboxylic acids is 2. The van der Waals surface area contributed by atoms with Crippen LogP contribution in [0.15, 0.2) is 26.9 Å². The number of hydrogen-bond donors (Lipinski definition) is 2. The topological polar surface area (TPSA) is 110 Å². The second-order valence-corrected chi connectivity index (χ2v) is 9.20. The Morgan fingerprint density at radius 3 is 2.56 bits per heavy atom. The number of aromatic nitrogens is 4. The zero-order valence-corrected chi connectivity index (χ0v) is 17.6. The van der Waals surface area contributed by atoms with Crippen molar-refractivity contribution in [2.75, 3.05) is 23.4 Å². The molecule has 142 valence electrons. The molecule has 0 saturated heterocycles. The van der Waals surface area contributed by atoms with Gasteiger partial charge < -0.3 is 10.6 Å². The molecule has 0 saturated carbocycles. The molecule has 27 heavy (non-hydrogen) atoms. The Hall–Kier alpha value is -1.76. The van der Waals surface area contributed by atoms with Crippen LogP contribution in [0, 0.1) is 0 Å². The van der Waals surface area contributed by atoms with Crippen LogP contribution >= 0.6 is 46.6 Å². The standard InChI is InChI=1S/C15H16N6O2S4/c1-2-6-16-11(22)7-24-14-18-19-15(26-14)25-8-12(23)17-9-4-3-5-10-13(9)21-27-20-10/h3-5H,2,6-8H2,1H3,(H,16,22)(H,17,23). The van der Waals surface area contributed by atoms with Crippen LogP contribution in [-0.2, 0) is 9.59 Å². The first-order valence-corrected chi connectivity index (χ1v) is 11.5. The Labute approximate surface area is 172 Å². The number of rotatable bonds is 9. The Morgan fingerprint density at radius 2 is 1.81 bits per heavy atom. The molecule has 0 atom stereocenters. The van der Waals surface area contributed by atoms with E-state index in [0.29, 0.717) is 32.2 Å². The second-order valence-electron chi connectivity index (χ2n) is 5.25. The predicted octanol–water partition coefficient (Wildman–Crippen LogP) is 2.89. The molecule has 0 bridgehead atoms. The lowest BCUT2D eigenvalue weighted by atomic mass is 10.2. The van der Waals surface area contributed by atoms with Gasteiger partial charge in [0.05, 0.1) is 28.9 Å². The van der Waals surface area contributed by atoms with Gasteiger partial charge in [-0.1, -0.05) is 47.9 Å². The van der Waals surface area contributed by atoms with Gasteiger partial charge in [-0.25, -0.2) is 0 Å². The second kappa shape index (κ2) is 9.97. The number of fused-ring (bicyclic) bond motifs is 1. The highest BCUT2D eigenvalue weighted by molar-refractivity contribution is 8.03. The van der Waals surface area contributed by atoms with E-state index in [1.54, 1.807) is 6.07 Å². The van der Waals surface area contributed by atoms with Crippen LogP contribution in [-0.4, -0.2) is 48.8 Å². The average molecular weight is 441 g/mol. The van der Waals surface area contributed by atoms with Gasteiger partial charge in [0.25, 0.3) is 0 Å². The molecule has 1 aromatic carbocycles. The summed E-state index contributed by atoms with van der Waals surface area (Å²) in [4.78, 5) is 23.8. The highest BCUT2D eigenvalue weighted by Crippen LogP contribution is 2.29. The molecule has 0 aliphatic carbocycles. The number of hydrogen-bond acceptors (Lipinski definition) is 10. The molecular formula is C15H16N6O2S4.